The third-order valence-corrected chi connectivity index (χ3v) is 4.96. The van der Waals surface area contributed by atoms with E-state index in [2.05, 4.69) is 14.1 Å². The van der Waals surface area contributed by atoms with E-state index in [4.69, 9.17) is 14.6 Å². The van der Waals surface area contributed by atoms with Crippen LogP contribution in [0, 0.1) is 0 Å². The van der Waals surface area contributed by atoms with E-state index in [1.807, 2.05) is 18.2 Å². The molecule has 0 radical (unpaired) electrons. The standard InChI is InChI=1S/C18H15N3O5S/c1-25-14-6-9(2-5-13(14)26-8-16(23)24)10-7-15(22)19-11-3-4-12-18(17(10)11)21-27-20-12/h2-6,10H,7-8H2,1H3,(H,19,22)(H,23,24)/t10-/m1/s1. The molecule has 4 rings (SSSR count). The van der Waals surface area contributed by atoms with Crippen LogP contribution in [0.1, 0.15) is 23.5 Å². The molecule has 0 bridgehead atoms. The summed E-state index contributed by atoms with van der Waals surface area (Å²) >= 11 is 1.13. The summed E-state index contributed by atoms with van der Waals surface area (Å²) in [5.41, 5.74) is 4.05. The van der Waals surface area contributed by atoms with Gasteiger partial charge in [0.1, 0.15) is 11.0 Å². The number of fused-ring (bicyclic) bond motifs is 3. The van der Waals surface area contributed by atoms with Gasteiger partial charge in [0.25, 0.3) is 0 Å². The monoisotopic (exact) mass is 385 g/mol. The molecule has 1 amide bonds. The Morgan fingerprint density at radius 3 is 2.93 bits per heavy atom. The normalized spacial score (nSPS) is 15.9. The molecule has 0 saturated heterocycles. The number of hydrogen-bond acceptors (Lipinski definition) is 7. The second-order valence-corrected chi connectivity index (χ2v) is 6.58. The van der Waals surface area contributed by atoms with Gasteiger partial charge in [-0.05, 0) is 29.8 Å². The van der Waals surface area contributed by atoms with Crippen molar-refractivity contribution in [3.8, 4) is 11.5 Å². The SMILES string of the molecule is COc1cc([C@H]2CC(=O)Nc3ccc4nsnc4c32)ccc1OCC(=O)O. The lowest BCUT2D eigenvalue weighted by Gasteiger charge is -2.26. The fraction of sp³-hybridized carbons (Fsp3) is 0.222. The number of aliphatic carboxylic acids is 1. The molecule has 0 spiro atoms. The largest absolute Gasteiger partial charge is 0.493 e. The summed E-state index contributed by atoms with van der Waals surface area (Å²) in [5.74, 6) is -0.635. The second kappa shape index (κ2) is 6.84. The lowest BCUT2D eigenvalue weighted by molar-refractivity contribution is -0.139. The average Bonchev–Trinajstić information content (AvgIpc) is 3.14. The lowest BCUT2D eigenvalue weighted by Crippen LogP contribution is -2.23. The maximum atomic E-state index is 12.2. The van der Waals surface area contributed by atoms with Crippen LogP contribution < -0.4 is 14.8 Å². The van der Waals surface area contributed by atoms with E-state index in [0.29, 0.717) is 11.5 Å². The van der Waals surface area contributed by atoms with Gasteiger partial charge in [-0.3, -0.25) is 4.79 Å². The van der Waals surface area contributed by atoms with Crippen LogP contribution in [0.15, 0.2) is 30.3 Å². The van der Waals surface area contributed by atoms with E-state index < -0.39 is 12.6 Å². The third-order valence-electron chi connectivity index (χ3n) is 4.42. The minimum absolute atomic E-state index is 0.0831. The minimum Gasteiger partial charge on any atom is -0.493 e. The predicted octanol–water partition coefficient (Wildman–Crippen LogP) is 2.64. The smallest absolute Gasteiger partial charge is 0.341 e. The van der Waals surface area contributed by atoms with Crippen LogP contribution in [-0.2, 0) is 9.59 Å². The van der Waals surface area contributed by atoms with Crippen molar-refractivity contribution in [2.75, 3.05) is 19.0 Å². The van der Waals surface area contributed by atoms with E-state index in [-0.39, 0.29) is 18.2 Å². The molecule has 138 valence electrons. The number of carboxylic acid groups (broad SMARTS) is 1. The van der Waals surface area contributed by atoms with Crippen LogP contribution in [0.4, 0.5) is 5.69 Å². The zero-order valence-corrected chi connectivity index (χ0v) is 15.1. The molecular weight excluding hydrogens is 370 g/mol. The lowest BCUT2D eigenvalue weighted by atomic mass is 9.84. The first kappa shape index (κ1) is 17.2. The quantitative estimate of drug-likeness (QED) is 0.694. The van der Waals surface area contributed by atoms with E-state index in [1.165, 1.54) is 7.11 Å². The molecule has 27 heavy (non-hydrogen) atoms. The summed E-state index contributed by atoms with van der Waals surface area (Å²) in [6, 6.07) is 8.91. The zero-order valence-electron chi connectivity index (χ0n) is 14.3. The molecule has 2 aromatic carbocycles. The van der Waals surface area contributed by atoms with Gasteiger partial charge < -0.3 is 19.9 Å². The first-order valence-electron chi connectivity index (χ1n) is 8.14. The number of ether oxygens (including phenoxy) is 2. The Balaban J connectivity index is 1.79. The fourth-order valence-electron chi connectivity index (χ4n) is 3.27. The van der Waals surface area contributed by atoms with Gasteiger partial charge in [0.15, 0.2) is 18.1 Å². The highest BCUT2D eigenvalue weighted by atomic mass is 32.1. The third kappa shape index (κ3) is 3.17. The number of anilines is 1. The number of benzene rings is 2. The van der Waals surface area contributed by atoms with Crippen LogP contribution in [0.2, 0.25) is 0 Å². The Labute approximate surface area is 158 Å². The summed E-state index contributed by atoms with van der Waals surface area (Å²) in [7, 11) is 1.48. The van der Waals surface area contributed by atoms with E-state index >= 15 is 0 Å². The molecule has 2 N–H and O–H groups in total. The number of carboxylic acids is 1. The molecule has 1 aliphatic heterocycles. The van der Waals surface area contributed by atoms with E-state index in [0.717, 1.165) is 39.6 Å². The zero-order chi connectivity index (χ0) is 19.0. The van der Waals surface area contributed by atoms with Gasteiger partial charge in [-0.2, -0.15) is 8.75 Å². The van der Waals surface area contributed by atoms with Crippen LogP contribution >= 0.6 is 11.7 Å². The fourth-order valence-corrected chi connectivity index (χ4v) is 3.82. The number of nitrogens with zero attached hydrogens (tertiary/aromatic N) is 2. The van der Waals surface area contributed by atoms with Crippen molar-refractivity contribution in [3.05, 3.63) is 41.5 Å². The van der Waals surface area contributed by atoms with Crippen molar-refractivity contribution >= 4 is 40.3 Å². The van der Waals surface area contributed by atoms with Crippen molar-refractivity contribution in [1.82, 2.24) is 8.75 Å². The Morgan fingerprint density at radius 1 is 1.30 bits per heavy atom. The highest BCUT2D eigenvalue weighted by Gasteiger charge is 2.30. The predicted molar refractivity (Wildman–Crippen MR) is 98.6 cm³/mol. The molecule has 1 atom stereocenters. The number of carbonyl (C=O) groups excluding carboxylic acids is 1. The number of hydrogen-bond donors (Lipinski definition) is 2. The van der Waals surface area contributed by atoms with Crippen LogP contribution in [0.5, 0.6) is 11.5 Å². The van der Waals surface area contributed by atoms with Crippen molar-refractivity contribution in [1.29, 1.82) is 0 Å². The number of nitrogens with one attached hydrogen (secondary N) is 1. The van der Waals surface area contributed by atoms with Gasteiger partial charge >= 0.3 is 5.97 Å². The number of rotatable bonds is 5. The summed E-state index contributed by atoms with van der Waals surface area (Å²) in [6.45, 7) is -0.463. The molecule has 9 heteroatoms. The Hall–Kier alpha value is -3.20. The Morgan fingerprint density at radius 2 is 2.15 bits per heavy atom. The molecule has 0 aliphatic carbocycles. The second-order valence-electron chi connectivity index (χ2n) is 6.06. The van der Waals surface area contributed by atoms with Crippen molar-refractivity contribution in [2.24, 2.45) is 0 Å². The molecule has 2 heterocycles. The van der Waals surface area contributed by atoms with Crippen molar-refractivity contribution in [3.63, 3.8) is 0 Å². The van der Waals surface area contributed by atoms with Gasteiger partial charge in [0.05, 0.1) is 18.8 Å². The van der Waals surface area contributed by atoms with Gasteiger partial charge in [-0.25, -0.2) is 4.79 Å². The Bertz CT molecular complexity index is 1050. The van der Waals surface area contributed by atoms with E-state index in [1.54, 1.807) is 12.1 Å². The first-order valence-corrected chi connectivity index (χ1v) is 8.87. The molecule has 0 unspecified atom stereocenters. The number of aromatic nitrogens is 2. The van der Waals surface area contributed by atoms with Gasteiger partial charge in [-0.15, -0.1) is 0 Å². The van der Waals surface area contributed by atoms with Crippen LogP contribution in [-0.4, -0.2) is 39.4 Å². The van der Waals surface area contributed by atoms with E-state index in [9.17, 15) is 9.59 Å². The first-order chi connectivity index (χ1) is 13.1. The summed E-state index contributed by atoms with van der Waals surface area (Å²) in [4.78, 5) is 23.0. The number of amides is 1. The van der Waals surface area contributed by atoms with Gasteiger partial charge in [0.2, 0.25) is 5.91 Å². The maximum absolute atomic E-state index is 12.2. The van der Waals surface area contributed by atoms with Gasteiger partial charge in [0, 0.05) is 23.6 Å². The number of carbonyl (C=O) groups is 2. The summed E-state index contributed by atoms with van der Waals surface area (Å²) in [6.07, 6.45) is 0.266. The molecule has 1 aromatic heterocycles. The molecule has 0 fully saturated rings. The molecule has 3 aromatic rings. The molecule has 0 saturated carbocycles. The van der Waals surface area contributed by atoms with Crippen LogP contribution in [0.25, 0.3) is 11.0 Å². The molecular formula is C18H15N3O5S. The maximum Gasteiger partial charge on any atom is 0.341 e. The minimum atomic E-state index is -1.07. The van der Waals surface area contributed by atoms with Crippen molar-refractivity contribution in [2.45, 2.75) is 12.3 Å². The highest BCUT2D eigenvalue weighted by molar-refractivity contribution is 7.00. The number of methoxy groups -OCH3 is 1. The summed E-state index contributed by atoms with van der Waals surface area (Å²) in [5, 5.41) is 11.7. The topological polar surface area (TPSA) is 111 Å². The highest BCUT2D eigenvalue weighted by Crippen LogP contribution is 2.42. The van der Waals surface area contributed by atoms with Crippen LogP contribution in [0.3, 0.4) is 0 Å². The van der Waals surface area contributed by atoms with Crippen molar-refractivity contribution < 1.29 is 24.2 Å². The molecule has 8 nitrogen and oxygen atoms in total. The average molecular weight is 385 g/mol. The summed E-state index contributed by atoms with van der Waals surface area (Å²) < 4.78 is 19.3. The molecule has 1 aliphatic rings. The van der Waals surface area contributed by atoms with Gasteiger partial charge in [-0.1, -0.05) is 6.07 Å². The Kier molecular flexibility index (Phi) is 4.36.